The normalized spacial score (nSPS) is 12.1. The molecule has 3 rings (SSSR count). The van der Waals surface area contributed by atoms with Crippen molar-refractivity contribution in [3.05, 3.63) is 76.8 Å². The van der Waals surface area contributed by atoms with Crippen molar-refractivity contribution in [3.63, 3.8) is 0 Å². The molecular weight excluding hydrogens is 412 g/mol. The quantitative estimate of drug-likeness (QED) is 0.589. The molecule has 0 saturated carbocycles. The minimum atomic E-state index is -0.975. The molecule has 0 fully saturated rings. The van der Waals surface area contributed by atoms with Crippen LogP contribution in [-0.2, 0) is 4.79 Å². The highest BCUT2D eigenvalue weighted by atomic mass is 32.1. The monoisotopic (exact) mass is 436 g/mol. The fourth-order valence-corrected chi connectivity index (χ4v) is 3.56. The lowest BCUT2D eigenvalue weighted by Gasteiger charge is -2.33. The summed E-state index contributed by atoms with van der Waals surface area (Å²) in [5, 5.41) is 8.42. The summed E-state index contributed by atoms with van der Waals surface area (Å²) in [6.07, 6.45) is 0. The van der Waals surface area contributed by atoms with Crippen LogP contribution in [0.15, 0.2) is 60.0 Å². The van der Waals surface area contributed by atoms with Crippen molar-refractivity contribution in [2.45, 2.75) is 39.3 Å². The molecule has 0 aliphatic rings. The largest absolute Gasteiger partial charge is 0.349 e. The molecule has 0 aliphatic carbocycles. The van der Waals surface area contributed by atoms with Gasteiger partial charge in [-0.25, -0.2) is 0 Å². The van der Waals surface area contributed by atoms with Crippen LogP contribution < -0.4 is 10.2 Å². The van der Waals surface area contributed by atoms with E-state index < -0.39 is 17.5 Å². The Labute approximate surface area is 185 Å². The van der Waals surface area contributed by atoms with Gasteiger partial charge in [-0.05, 0) is 56.9 Å². The van der Waals surface area contributed by atoms with E-state index in [0.29, 0.717) is 16.8 Å². The maximum absolute atomic E-state index is 13.5. The lowest BCUT2D eigenvalue weighted by atomic mass is 10.00. The summed E-state index contributed by atoms with van der Waals surface area (Å²) in [4.78, 5) is 40.4. The van der Waals surface area contributed by atoms with Crippen molar-refractivity contribution < 1.29 is 14.4 Å². The van der Waals surface area contributed by atoms with Crippen LogP contribution in [0, 0.1) is 0 Å². The first-order valence-corrected chi connectivity index (χ1v) is 10.6. The third-order valence-corrected chi connectivity index (χ3v) is 4.95. The molecule has 0 saturated heterocycles. The van der Waals surface area contributed by atoms with Crippen LogP contribution in [-0.4, -0.2) is 32.7 Å². The van der Waals surface area contributed by atoms with E-state index in [0.717, 1.165) is 11.5 Å². The van der Waals surface area contributed by atoms with E-state index in [1.165, 1.54) is 17.2 Å². The summed E-state index contributed by atoms with van der Waals surface area (Å²) in [6.45, 7) is 7.08. The summed E-state index contributed by atoms with van der Waals surface area (Å²) in [5.41, 5.74) is 1.11. The zero-order chi connectivity index (χ0) is 22.6. The van der Waals surface area contributed by atoms with Crippen LogP contribution in [0.5, 0.6) is 0 Å². The smallest absolute Gasteiger partial charge is 0.280 e. The van der Waals surface area contributed by atoms with Crippen LogP contribution in [0.3, 0.4) is 0 Å². The van der Waals surface area contributed by atoms with Gasteiger partial charge in [-0.2, -0.15) is 0 Å². The number of carbonyl (C=O) groups excluding carboxylic acids is 3. The molecule has 0 radical (unpaired) electrons. The maximum Gasteiger partial charge on any atom is 0.280 e. The number of carbonyl (C=O) groups is 3. The topological polar surface area (TPSA) is 92.3 Å². The van der Waals surface area contributed by atoms with Gasteiger partial charge in [-0.1, -0.05) is 47.0 Å². The molecule has 1 aromatic heterocycles. The van der Waals surface area contributed by atoms with Gasteiger partial charge < -0.3 is 5.32 Å². The third kappa shape index (κ3) is 5.40. The van der Waals surface area contributed by atoms with Gasteiger partial charge in [0.1, 0.15) is 6.04 Å². The van der Waals surface area contributed by atoms with Crippen LogP contribution in [0.4, 0.5) is 5.69 Å². The SMILES string of the molecule is CC(=O)c1cccc(N(C(=O)c2csnn2)[C@@H](C(=O)NC(C)(C)C)c2ccccc2)c1. The number of benzene rings is 2. The lowest BCUT2D eigenvalue weighted by molar-refractivity contribution is -0.123. The van der Waals surface area contributed by atoms with E-state index in [2.05, 4.69) is 14.9 Å². The van der Waals surface area contributed by atoms with Crippen molar-refractivity contribution >= 4 is 34.8 Å². The molecule has 1 atom stereocenters. The predicted molar refractivity (Wildman–Crippen MR) is 120 cm³/mol. The van der Waals surface area contributed by atoms with Crippen molar-refractivity contribution in [2.24, 2.45) is 0 Å². The first-order chi connectivity index (χ1) is 14.7. The van der Waals surface area contributed by atoms with Gasteiger partial charge in [0, 0.05) is 22.2 Å². The Hall–Kier alpha value is -3.39. The van der Waals surface area contributed by atoms with Crippen molar-refractivity contribution in [2.75, 3.05) is 4.90 Å². The van der Waals surface area contributed by atoms with Gasteiger partial charge in [-0.15, -0.1) is 5.10 Å². The Balaban J connectivity index is 2.20. The molecule has 160 valence electrons. The number of anilines is 1. The van der Waals surface area contributed by atoms with Crippen LogP contribution in [0.1, 0.15) is 60.1 Å². The molecule has 31 heavy (non-hydrogen) atoms. The molecule has 0 bridgehead atoms. The molecule has 7 nitrogen and oxygen atoms in total. The fourth-order valence-electron chi connectivity index (χ4n) is 3.13. The molecule has 0 aliphatic heterocycles. The summed E-state index contributed by atoms with van der Waals surface area (Å²) < 4.78 is 3.79. The van der Waals surface area contributed by atoms with Gasteiger partial charge in [0.25, 0.3) is 5.91 Å². The van der Waals surface area contributed by atoms with Gasteiger partial charge >= 0.3 is 0 Å². The Morgan fingerprint density at radius 3 is 2.32 bits per heavy atom. The molecular formula is C23H24N4O3S. The zero-order valence-corrected chi connectivity index (χ0v) is 18.6. The van der Waals surface area contributed by atoms with Gasteiger partial charge in [0.2, 0.25) is 5.91 Å². The zero-order valence-electron chi connectivity index (χ0n) is 17.8. The van der Waals surface area contributed by atoms with E-state index >= 15 is 0 Å². The van der Waals surface area contributed by atoms with Gasteiger partial charge in [0.05, 0.1) is 0 Å². The Morgan fingerprint density at radius 2 is 1.74 bits per heavy atom. The maximum atomic E-state index is 13.5. The van der Waals surface area contributed by atoms with Crippen LogP contribution in [0.2, 0.25) is 0 Å². The molecule has 3 aromatic rings. The fraction of sp³-hybridized carbons (Fsp3) is 0.261. The summed E-state index contributed by atoms with van der Waals surface area (Å²) >= 11 is 1.05. The van der Waals surface area contributed by atoms with Crippen LogP contribution >= 0.6 is 11.5 Å². The number of Topliss-reactive ketones (excluding diaryl/α,β-unsaturated/α-hetero) is 1. The average molecular weight is 437 g/mol. The van der Waals surface area contributed by atoms with Crippen molar-refractivity contribution in [1.82, 2.24) is 14.9 Å². The predicted octanol–water partition coefficient (Wildman–Crippen LogP) is 4.04. The number of hydrogen-bond donors (Lipinski definition) is 1. The van der Waals surface area contributed by atoms with Crippen molar-refractivity contribution in [1.29, 1.82) is 0 Å². The summed E-state index contributed by atoms with van der Waals surface area (Å²) in [7, 11) is 0. The Kier molecular flexibility index (Phi) is 6.60. The molecule has 1 heterocycles. The number of rotatable bonds is 6. The standard InChI is InChI=1S/C23H24N4O3S/c1-15(28)17-11-8-12-18(13-17)27(22(30)19-14-31-26-25-19)20(16-9-6-5-7-10-16)21(29)24-23(2,3)4/h5-14,20H,1-4H3,(H,24,29)/t20-/m1/s1. The first kappa shape index (κ1) is 22.3. The summed E-state index contributed by atoms with van der Waals surface area (Å²) in [6, 6.07) is 14.7. The molecule has 1 N–H and O–H groups in total. The highest BCUT2D eigenvalue weighted by Gasteiger charge is 2.35. The van der Waals surface area contributed by atoms with E-state index in [-0.39, 0.29) is 17.4 Å². The number of nitrogens with zero attached hydrogens (tertiary/aromatic N) is 3. The number of hydrogen-bond acceptors (Lipinski definition) is 6. The molecule has 2 amide bonds. The second kappa shape index (κ2) is 9.18. The highest BCUT2D eigenvalue weighted by Crippen LogP contribution is 2.31. The van der Waals surface area contributed by atoms with E-state index in [9.17, 15) is 14.4 Å². The highest BCUT2D eigenvalue weighted by molar-refractivity contribution is 7.03. The second-order valence-electron chi connectivity index (χ2n) is 8.12. The van der Waals surface area contributed by atoms with Gasteiger partial charge in [0.15, 0.2) is 11.5 Å². The van der Waals surface area contributed by atoms with Crippen LogP contribution in [0.25, 0.3) is 0 Å². The third-order valence-electron chi connectivity index (χ3n) is 4.45. The first-order valence-electron chi connectivity index (χ1n) is 9.76. The molecule has 8 heteroatoms. The average Bonchev–Trinajstić information content (AvgIpc) is 3.25. The number of aromatic nitrogens is 2. The summed E-state index contributed by atoms with van der Waals surface area (Å²) in [5.74, 6) is -0.962. The minimum Gasteiger partial charge on any atom is -0.349 e. The number of nitrogens with one attached hydrogen (secondary N) is 1. The Morgan fingerprint density at radius 1 is 1.03 bits per heavy atom. The van der Waals surface area contributed by atoms with E-state index in [4.69, 9.17) is 0 Å². The minimum absolute atomic E-state index is 0.128. The van der Waals surface area contributed by atoms with Gasteiger partial charge in [-0.3, -0.25) is 19.3 Å². The molecule has 0 unspecified atom stereocenters. The molecule has 2 aromatic carbocycles. The number of ketones is 1. The van der Waals surface area contributed by atoms with E-state index in [1.807, 2.05) is 39.0 Å². The molecule has 0 spiro atoms. The van der Waals surface area contributed by atoms with E-state index in [1.54, 1.807) is 36.4 Å². The second-order valence-corrected chi connectivity index (χ2v) is 8.73. The Bertz CT molecular complexity index is 1080. The van der Waals surface area contributed by atoms with Crippen molar-refractivity contribution in [3.8, 4) is 0 Å². The number of amides is 2. The lowest BCUT2D eigenvalue weighted by Crippen LogP contribution is -2.49.